The molecule has 0 radical (unpaired) electrons. The van der Waals surface area contributed by atoms with E-state index in [1.54, 1.807) is 29.5 Å². The summed E-state index contributed by atoms with van der Waals surface area (Å²) in [5.41, 5.74) is 1.36. The van der Waals surface area contributed by atoms with Gasteiger partial charge in [0.15, 0.2) is 0 Å². The number of halogens is 1. The number of nitrogens with zero attached hydrogens (tertiary/aromatic N) is 1. The van der Waals surface area contributed by atoms with Crippen molar-refractivity contribution in [2.75, 3.05) is 13.1 Å². The van der Waals surface area contributed by atoms with Crippen LogP contribution in [0.2, 0.25) is 5.02 Å². The molecule has 7 heteroatoms. The van der Waals surface area contributed by atoms with E-state index in [-0.39, 0.29) is 16.0 Å². The fraction of sp³-hybridized carbons (Fsp3) is 0.375. The average Bonchev–Trinajstić information content (AvgIpc) is 3.00. The maximum Gasteiger partial charge on any atom is 0.242 e. The van der Waals surface area contributed by atoms with E-state index in [0.29, 0.717) is 6.54 Å². The van der Waals surface area contributed by atoms with Gasteiger partial charge in [0.25, 0.3) is 0 Å². The summed E-state index contributed by atoms with van der Waals surface area (Å²) < 4.78 is 27.4. The number of nitrogens with one attached hydrogen (secondary N) is 1. The van der Waals surface area contributed by atoms with Gasteiger partial charge in [-0.1, -0.05) is 23.7 Å². The van der Waals surface area contributed by atoms with Crippen LogP contribution < -0.4 is 4.72 Å². The molecular formula is C16H19ClN2O2S2. The van der Waals surface area contributed by atoms with Crippen LogP contribution in [0.1, 0.15) is 17.4 Å². The summed E-state index contributed by atoms with van der Waals surface area (Å²) in [5, 5.41) is 2.37. The molecule has 1 aliphatic heterocycles. The lowest BCUT2D eigenvalue weighted by Gasteiger charge is -2.32. The lowest BCUT2D eigenvalue weighted by Crippen LogP contribution is -2.44. The van der Waals surface area contributed by atoms with E-state index in [9.17, 15) is 8.42 Å². The van der Waals surface area contributed by atoms with Crippen LogP contribution in [-0.2, 0) is 23.0 Å². The molecule has 3 rings (SSSR count). The minimum atomic E-state index is -3.58. The van der Waals surface area contributed by atoms with Gasteiger partial charge in [0.2, 0.25) is 10.0 Å². The Balaban J connectivity index is 1.63. The number of benzene rings is 1. The molecular weight excluding hydrogens is 352 g/mol. The predicted octanol–water partition coefficient (Wildman–Crippen LogP) is 3.13. The Morgan fingerprint density at radius 1 is 1.35 bits per heavy atom. The quantitative estimate of drug-likeness (QED) is 0.879. The highest BCUT2D eigenvalue weighted by Crippen LogP contribution is 2.25. The van der Waals surface area contributed by atoms with E-state index in [2.05, 4.69) is 21.1 Å². The molecule has 23 heavy (non-hydrogen) atoms. The first-order valence-corrected chi connectivity index (χ1v) is 10.2. The molecule has 1 aliphatic rings. The summed E-state index contributed by atoms with van der Waals surface area (Å²) in [4.78, 5) is 3.89. The minimum Gasteiger partial charge on any atom is -0.295 e. The smallest absolute Gasteiger partial charge is 0.242 e. The standard InChI is InChI=1S/C16H19ClN2O2S2/c1-12(19-8-6-15-13(11-19)7-9-22-15)10-18-23(20,21)16-5-3-2-4-14(16)17/h2-5,7,9,12,18H,6,8,10-11H2,1H3. The van der Waals surface area contributed by atoms with Gasteiger partial charge in [-0.3, -0.25) is 4.90 Å². The topological polar surface area (TPSA) is 49.4 Å². The SMILES string of the molecule is CC(CNS(=O)(=O)c1ccccc1Cl)N1CCc2sccc2C1. The summed E-state index contributed by atoms with van der Waals surface area (Å²) in [6.45, 7) is 4.26. The monoisotopic (exact) mass is 370 g/mol. The molecule has 1 aromatic carbocycles. The van der Waals surface area contributed by atoms with Crippen molar-refractivity contribution in [2.45, 2.75) is 30.8 Å². The van der Waals surface area contributed by atoms with Crippen molar-refractivity contribution in [3.8, 4) is 0 Å². The van der Waals surface area contributed by atoms with E-state index in [1.807, 2.05) is 6.92 Å². The van der Waals surface area contributed by atoms with Gasteiger partial charge >= 0.3 is 0 Å². The number of fused-ring (bicyclic) bond motifs is 1. The molecule has 0 bridgehead atoms. The Labute approximate surface area is 146 Å². The zero-order valence-electron chi connectivity index (χ0n) is 12.8. The maximum atomic E-state index is 12.4. The predicted molar refractivity (Wildman–Crippen MR) is 94.5 cm³/mol. The van der Waals surface area contributed by atoms with Crippen LogP contribution in [0, 0.1) is 0 Å². The fourth-order valence-electron chi connectivity index (χ4n) is 2.75. The molecule has 2 aromatic rings. The van der Waals surface area contributed by atoms with Crippen molar-refractivity contribution < 1.29 is 8.42 Å². The van der Waals surface area contributed by atoms with Crippen LogP contribution in [0.5, 0.6) is 0 Å². The second-order valence-electron chi connectivity index (χ2n) is 5.72. The molecule has 1 N–H and O–H groups in total. The van der Waals surface area contributed by atoms with E-state index in [4.69, 9.17) is 11.6 Å². The molecule has 0 saturated heterocycles. The number of sulfonamides is 1. The molecule has 0 saturated carbocycles. The van der Waals surface area contributed by atoms with Crippen molar-refractivity contribution in [3.05, 3.63) is 51.2 Å². The summed E-state index contributed by atoms with van der Waals surface area (Å²) in [6.07, 6.45) is 1.04. The van der Waals surface area contributed by atoms with Crippen molar-refractivity contribution in [3.63, 3.8) is 0 Å². The van der Waals surface area contributed by atoms with Crippen molar-refractivity contribution >= 4 is 33.0 Å². The largest absolute Gasteiger partial charge is 0.295 e. The van der Waals surface area contributed by atoms with Crippen LogP contribution in [0.4, 0.5) is 0 Å². The van der Waals surface area contributed by atoms with Crippen LogP contribution in [0.3, 0.4) is 0 Å². The van der Waals surface area contributed by atoms with Gasteiger partial charge in [-0.25, -0.2) is 13.1 Å². The Bertz CT molecular complexity index is 789. The highest BCUT2D eigenvalue weighted by atomic mass is 35.5. The molecule has 0 fully saturated rings. The van der Waals surface area contributed by atoms with Gasteiger partial charge < -0.3 is 0 Å². The van der Waals surface area contributed by atoms with Crippen molar-refractivity contribution in [1.82, 2.24) is 9.62 Å². The van der Waals surface area contributed by atoms with Gasteiger partial charge in [-0.15, -0.1) is 11.3 Å². The normalized spacial score (nSPS) is 17.0. The Morgan fingerprint density at radius 3 is 2.91 bits per heavy atom. The Kier molecular flexibility index (Phi) is 5.08. The first-order valence-electron chi connectivity index (χ1n) is 7.51. The van der Waals surface area contributed by atoms with E-state index >= 15 is 0 Å². The maximum absolute atomic E-state index is 12.4. The molecule has 0 aliphatic carbocycles. The molecule has 1 atom stereocenters. The van der Waals surface area contributed by atoms with Gasteiger partial charge in [-0.2, -0.15) is 0 Å². The van der Waals surface area contributed by atoms with Crippen LogP contribution >= 0.6 is 22.9 Å². The summed E-state index contributed by atoms with van der Waals surface area (Å²) >= 11 is 7.79. The second kappa shape index (κ2) is 6.91. The zero-order valence-corrected chi connectivity index (χ0v) is 15.2. The third kappa shape index (κ3) is 3.78. The van der Waals surface area contributed by atoms with E-state index < -0.39 is 10.0 Å². The third-order valence-corrected chi connectivity index (χ3v) is 7.10. The lowest BCUT2D eigenvalue weighted by molar-refractivity contribution is 0.193. The molecule has 124 valence electrons. The number of thiophene rings is 1. The lowest BCUT2D eigenvalue weighted by atomic mass is 10.1. The van der Waals surface area contributed by atoms with Gasteiger partial charge in [-0.05, 0) is 42.5 Å². The third-order valence-electron chi connectivity index (χ3n) is 4.16. The van der Waals surface area contributed by atoms with Crippen LogP contribution in [0.25, 0.3) is 0 Å². The van der Waals surface area contributed by atoms with E-state index in [1.165, 1.54) is 16.5 Å². The highest BCUT2D eigenvalue weighted by molar-refractivity contribution is 7.89. The van der Waals surface area contributed by atoms with Crippen LogP contribution in [-0.4, -0.2) is 32.4 Å². The molecule has 0 spiro atoms. The van der Waals surface area contributed by atoms with Crippen molar-refractivity contribution in [1.29, 1.82) is 0 Å². The zero-order chi connectivity index (χ0) is 16.4. The second-order valence-corrected chi connectivity index (χ2v) is 8.86. The fourth-order valence-corrected chi connectivity index (χ4v) is 5.28. The number of hydrogen-bond acceptors (Lipinski definition) is 4. The first kappa shape index (κ1) is 16.9. The molecule has 1 unspecified atom stereocenters. The highest BCUT2D eigenvalue weighted by Gasteiger charge is 2.24. The number of rotatable bonds is 5. The van der Waals surface area contributed by atoms with Crippen molar-refractivity contribution in [2.24, 2.45) is 0 Å². The Morgan fingerprint density at radius 2 is 2.13 bits per heavy atom. The van der Waals surface area contributed by atoms with Gasteiger partial charge in [0.1, 0.15) is 4.90 Å². The van der Waals surface area contributed by atoms with Crippen LogP contribution in [0.15, 0.2) is 40.6 Å². The Hall–Kier alpha value is -0.920. The molecule has 1 aromatic heterocycles. The summed E-state index contributed by atoms with van der Waals surface area (Å²) in [5.74, 6) is 0. The first-order chi connectivity index (χ1) is 11.0. The molecule has 0 amide bonds. The van der Waals surface area contributed by atoms with E-state index in [0.717, 1.165) is 19.5 Å². The van der Waals surface area contributed by atoms with Gasteiger partial charge in [0.05, 0.1) is 5.02 Å². The molecule has 2 heterocycles. The number of hydrogen-bond donors (Lipinski definition) is 1. The summed E-state index contributed by atoms with van der Waals surface area (Å²) in [6, 6.07) is 8.78. The molecule has 4 nitrogen and oxygen atoms in total. The summed E-state index contributed by atoms with van der Waals surface area (Å²) in [7, 11) is -3.58. The van der Waals surface area contributed by atoms with Gasteiger partial charge in [0, 0.05) is 30.6 Å². The minimum absolute atomic E-state index is 0.125. The average molecular weight is 371 g/mol.